The Bertz CT molecular complexity index is 926. The number of hydrogen-bond acceptors (Lipinski definition) is 4. The third-order valence-electron chi connectivity index (χ3n) is 4.90. The van der Waals surface area contributed by atoms with E-state index in [4.69, 9.17) is 0 Å². The molecule has 2 heterocycles. The van der Waals surface area contributed by atoms with Crippen molar-refractivity contribution in [2.45, 2.75) is 39.9 Å². The molecule has 144 valence electrons. The highest BCUT2D eigenvalue weighted by Gasteiger charge is 2.22. The fourth-order valence-corrected chi connectivity index (χ4v) is 3.15. The van der Waals surface area contributed by atoms with Gasteiger partial charge in [-0.15, -0.1) is 0 Å². The number of carbonyl (C=O) groups is 1. The number of carbonyl (C=O) groups excluding carboxylic acids is 1. The summed E-state index contributed by atoms with van der Waals surface area (Å²) >= 11 is 0. The molecule has 2 aromatic heterocycles. The third kappa shape index (κ3) is 5.02. The van der Waals surface area contributed by atoms with E-state index in [-0.39, 0.29) is 5.91 Å². The van der Waals surface area contributed by atoms with Crippen molar-refractivity contribution in [2.75, 3.05) is 0 Å². The average molecular weight is 374 g/mol. The molecule has 0 aliphatic carbocycles. The summed E-state index contributed by atoms with van der Waals surface area (Å²) in [5, 5.41) is 6.46. The van der Waals surface area contributed by atoms with Gasteiger partial charge in [0.05, 0.1) is 0 Å². The van der Waals surface area contributed by atoms with Crippen molar-refractivity contribution in [2.24, 2.45) is 0 Å². The summed E-state index contributed by atoms with van der Waals surface area (Å²) in [6.45, 7) is 7.25. The van der Waals surface area contributed by atoms with Crippen LogP contribution in [0.4, 0.5) is 0 Å². The predicted octanol–water partition coefficient (Wildman–Crippen LogP) is 3.55. The van der Waals surface area contributed by atoms with Crippen LogP contribution in [0.3, 0.4) is 0 Å². The Balaban J connectivity index is 1.81. The molecule has 1 amide bonds. The molecule has 3 rings (SSSR count). The summed E-state index contributed by atoms with van der Waals surface area (Å²) < 4.78 is 0. The molecule has 5 nitrogen and oxygen atoms in total. The summed E-state index contributed by atoms with van der Waals surface area (Å²) in [6.07, 6.45) is 7.01. The molecule has 0 saturated heterocycles. The minimum Gasteiger partial charge on any atom is -0.350 e. The van der Waals surface area contributed by atoms with Gasteiger partial charge in [-0.05, 0) is 72.4 Å². The largest absolute Gasteiger partial charge is 0.350 e. The highest BCUT2D eigenvalue weighted by molar-refractivity contribution is 5.83. The van der Waals surface area contributed by atoms with Crippen molar-refractivity contribution in [1.82, 2.24) is 20.6 Å². The van der Waals surface area contributed by atoms with E-state index in [0.29, 0.717) is 13.1 Å². The van der Waals surface area contributed by atoms with E-state index in [9.17, 15) is 4.79 Å². The van der Waals surface area contributed by atoms with E-state index >= 15 is 0 Å². The first-order chi connectivity index (χ1) is 13.5. The lowest BCUT2D eigenvalue weighted by molar-refractivity contribution is -0.123. The smallest absolute Gasteiger partial charge is 0.242 e. The topological polar surface area (TPSA) is 66.9 Å². The van der Waals surface area contributed by atoms with Crippen molar-refractivity contribution in [3.05, 3.63) is 94.6 Å². The zero-order valence-electron chi connectivity index (χ0n) is 16.6. The maximum absolute atomic E-state index is 13.1. The Morgan fingerprint density at radius 3 is 2.36 bits per heavy atom. The molecule has 0 radical (unpaired) electrons. The standard InChI is InChI=1S/C23H26N4O/c1-16-11-18(3)21(12-17(16)2)22(26-14-19-6-9-24-10-7-19)23(28)27-15-20-5-4-8-25-13-20/h4-13,22,26H,14-15H2,1-3H3,(H,27,28). The first-order valence-electron chi connectivity index (χ1n) is 9.41. The Morgan fingerprint density at radius 2 is 1.64 bits per heavy atom. The molecule has 0 fully saturated rings. The number of benzene rings is 1. The summed E-state index contributed by atoms with van der Waals surface area (Å²) in [5.41, 5.74) is 6.57. The first-order valence-corrected chi connectivity index (χ1v) is 9.41. The molecule has 0 bridgehead atoms. The van der Waals surface area contributed by atoms with Crippen LogP contribution < -0.4 is 10.6 Å². The summed E-state index contributed by atoms with van der Waals surface area (Å²) in [5.74, 6) is -0.0516. The summed E-state index contributed by atoms with van der Waals surface area (Å²) in [6, 6.07) is 11.5. The maximum Gasteiger partial charge on any atom is 0.242 e. The predicted molar refractivity (Wildman–Crippen MR) is 111 cm³/mol. The van der Waals surface area contributed by atoms with E-state index in [1.165, 1.54) is 11.1 Å². The lowest BCUT2D eigenvalue weighted by Gasteiger charge is -2.22. The second-order valence-corrected chi connectivity index (χ2v) is 7.04. The van der Waals surface area contributed by atoms with Crippen LogP contribution in [0.25, 0.3) is 0 Å². The molecule has 3 aromatic rings. The van der Waals surface area contributed by atoms with Crippen molar-refractivity contribution < 1.29 is 4.79 Å². The number of amides is 1. The minimum absolute atomic E-state index is 0.0516. The van der Waals surface area contributed by atoms with Crippen molar-refractivity contribution in [1.29, 1.82) is 0 Å². The number of nitrogens with zero attached hydrogens (tertiary/aromatic N) is 2. The number of pyridine rings is 2. The number of hydrogen-bond donors (Lipinski definition) is 2. The van der Waals surface area contributed by atoms with Crippen molar-refractivity contribution in [3.63, 3.8) is 0 Å². The average Bonchev–Trinajstić information content (AvgIpc) is 2.71. The summed E-state index contributed by atoms with van der Waals surface area (Å²) in [7, 11) is 0. The van der Waals surface area contributed by atoms with Gasteiger partial charge in [0.1, 0.15) is 6.04 Å². The van der Waals surface area contributed by atoms with Gasteiger partial charge >= 0.3 is 0 Å². The molecule has 0 aliphatic rings. The molecular weight excluding hydrogens is 348 g/mol. The number of aryl methyl sites for hydroxylation is 3. The van der Waals surface area contributed by atoms with Crippen LogP contribution in [0.5, 0.6) is 0 Å². The quantitative estimate of drug-likeness (QED) is 0.664. The van der Waals surface area contributed by atoms with Crippen LogP contribution in [0, 0.1) is 20.8 Å². The van der Waals surface area contributed by atoms with Crippen LogP contribution in [0.2, 0.25) is 0 Å². The van der Waals surface area contributed by atoms with E-state index in [1.807, 2.05) is 24.3 Å². The second-order valence-electron chi connectivity index (χ2n) is 7.04. The molecule has 0 saturated carbocycles. The second kappa shape index (κ2) is 9.24. The van der Waals surface area contributed by atoms with Gasteiger partial charge in [-0.25, -0.2) is 0 Å². The molecular formula is C23H26N4O. The molecule has 5 heteroatoms. The van der Waals surface area contributed by atoms with Crippen LogP contribution in [0.1, 0.15) is 39.4 Å². The third-order valence-corrected chi connectivity index (χ3v) is 4.90. The van der Waals surface area contributed by atoms with E-state index < -0.39 is 6.04 Å². The molecule has 0 spiro atoms. The highest BCUT2D eigenvalue weighted by Crippen LogP contribution is 2.23. The van der Waals surface area contributed by atoms with Crippen LogP contribution in [-0.4, -0.2) is 15.9 Å². The lowest BCUT2D eigenvalue weighted by atomic mass is 9.95. The van der Waals surface area contributed by atoms with Gasteiger partial charge in [0.25, 0.3) is 0 Å². The Morgan fingerprint density at radius 1 is 0.893 bits per heavy atom. The molecule has 0 aliphatic heterocycles. The molecule has 1 atom stereocenters. The normalized spacial score (nSPS) is 11.8. The van der Waals surface area contributed by atoms with Crippen LogP contribution in [-0.2, 0) is 17.9 Å². The Hall–Kier alpha value is -3.05. The van der Waals surface area contributed by atoms with Gasteiger partial charge in [-0.3, -0.25) is 20.1 Å². The SMILES string of the molecule is Cc1cc(C)c(C(NCc2ccncc2)C(=O)NCc2cccnc2)cc1C. The minimum atomic E-state index is -0.441. The van der Waals surface area contributed by atoms with Gasteiger partial charge < -0.3 is 5.32 Å². The fraction of sp³-hybridized carbons (Fsp3) is 0.261. The zero-order valence-corrected chi connectivity index (χ0v) is 16.6. The van der Waals surface area contributed by atoms with Gasteiger partial charge in [-0.2, -0.15) is 0 Å². The van der Waals surface area contributed by atoms with Crippen LogP contribution >= 0.6 is 0 Å². The summed E-state index contributed by atoms with van der Waals surface area (Å²) in [4.78, 5) is 21.2. The van der Waals surface area contributed by atoms with E-state index in [0.717, 1.165) is 22.3 Å². The number of rotatable bonds is 7. The van der Waals surface area contributed by atoms with E-state index in [1.54, 1.807) is 24.8 Å². The van der Waals surface area contributed by atoms with Crippen LogP contribution in [0.15, 0.2) is 61.2 Å². The van der Waals surface area contributed by atoms with Crippen molar-refractivity contribution in [3.8, 4) is 0 Å². The van der Waals surface area contributed by atoms with Gasteiger partial charge in [0.15, 0.2) is 0 Å². The van der Waals surface area contributed by atoms with E-state index in [2.05, 4.69) is 53.5 Å². The molecule has 28 heavy (non-hydrogen) atoms. The maximum atomic E-state index is 13.1. The zero-order chi connectivity index (χ0) is 19.9. The van der Waals surface area contributed by atoms with Gasteiger partial charge in [0, 0.05) is 37.9 Å². The lowest BCUT2D eigenvalue weighted by Crippen LogP contribution is -2.37. The van der Waals surface area contributed by atoms with Gasteiger partial charge in [0.2, 0.25) is 5.91 Å². The molecule has 2 N–H and O–H groups in total. The Kier molecular flexibility index (Phi) is 6.50. The Labute approximate surface area is 166 Å². The fourth-order valence-electron chi connectivity index (χ4n) is 3.15. The number of aromatic nitrogens is 2. The highest BCUT2D eigenvalue weighted by atomic mass is 16.2. The first kappa shape index (κ1) is 19.7. The molecule has 1 aromatic carbocycles. The monoisotopic (exact) mass is 374 g/mol. The van der Waals surface area contributed by atoms with Gasteiger partial charge in [-0.1, -0.05) is 18.2 Å². The molecule has 1 unspecified atom stereocenters. The number of nitrogens with one attached hydrogen (secondary N) is 2. The van der Waals surface area contributed by atoms with Crippen molar-refractivity contribution >= 4 is 5.91 Å².